The SMILES string of the molecule is Cc1c(C2CCNC2=O)c2ccccc2n1Cc1ccccc1. The lowest BCUT2D eigenvalue weighted by atomic mass is 9.95. The molecule has 4 rings (SSSR count). The Morgan fingerprint density at radius 2 is 1.83 bits per heavy atom. The van der Waals surface area contributed by atoms with Gasteiger partial charge in [0.05, 0.1) is 5.92 Å². The van der Waals surface area contributed by atoms with Gasteiger partial charge in [0.1, 0.15) is 0 Å². The third kappa shape index (κ3) is 2.33. The minimum atomic E-state index is -0.0167. The van der Waals surface area contributed by atoms with Crippen molar-refractivity contribution >= 4 is 16.8 Å². The molecule has 1 fully saturated rings. The predicted octanol–water partition coefficient (Wildman–Crippen LogP) is 3.60. The van der Waals surface area contributed by atoms with Gasteiger partial charge in [0, 0.05) is 29.7 Å². The largest absolute Gasteiger partial charge is 0.356 e. The fraction of sp³-hybridized carbons (Fsp3) is 0.250. The summed E-state index contributed by atoms with van der Waals surface area (Å²) in [4.78, 5) is 12.2. The molecule has 0 aliphatic carbocycles. The Morgan fingerprint density at radius 3 is 2.57 bits per heavy atom. The first-order valence-electron chi connectivity index (χ1n) is 8.15. The Kier molecular flexibility index (Phi) is 3.41. The van der Waals surface area contributed by atoms with Crippen LogP contribution in [0.5, 0.6) is 0 Å². The molecule has 1 aliphatic rings. The smallest absolute Gasteiger partial charge is 0.227 e. The zero-order valence-electron chi connectivity index (χ0n) is 13.3. The molecule has 0 radical (unpaired) electrons. The van der Waals surface area contributed by atoms with E-state index >= 15 is 0 Å². The quantitative estimate of drug-likeness (QED) is 0.788. The molecule has 3 aromatic rings. The van der Waals surface area contributed by atoms with E-state index in [2.05, 4.69) is 65.3 Å². The topological polar surface area (TPSA) is 34.0 Å². The molecular formula is C20H20N2O. The van der Waals surface area contributed by atoms with Crippen molar-refractivity contribution in [3.63, 3.8) is 0 Å². The van der Waals surface area contributed by atoms with Crippen LogP contribution in [-0.2, 0) is 11.3 Å². The lowest BCUT2D eigenvalue weighted by Gasteiger charge is -2.11. The minimum Gasteiger partial charge on any atom is -0.356 e. The van der Waals surface area contributed by atoms with Gasteiger partial charge in [0.15, 0.2) is 0 Å². The molecule has 1 atom stereocenters. The van der Waals surface area contributed by atoms with Crippen LogP contribution in [-0.4, -0.2) is 17.0 Å². The first-order chi connectivity index (χ1) is 11.3. The van der Waals surface area contributed by atoms with Crippen molar-refractivity contribution < 1.29 is 4.79 Å². The fourth-order valence-electron chi connectivity index (χ4n) is 3.74. The molecule has 2 aromatic carbocycles. The number of hydrogen-bond donors (Lipinski definition) is 1. The zero-order valence-corrected chi connectivity index (χ0v) is 13.3. The molecule has 1 N–H and O–H groups in total. The Bertz CT molecular complexity index is 864. The monoisotopic (exact) mass is 304 g/mol. The van der Waals surface area contributed by atoms with Gasteiger partial charge in [0.2, 0.25) is 5.91 Å². The highest BCUT2D eigenvalue weighted by molar-refractivity contribution is 5.94. The summed E-state index contributed by atoms with van der Waals surface area (Å²) >= 11 is 0. The Hall–Kier alpha value is -2.55. The average molecular weight is 304 g/mol. The van der Waals surface area contributed by atoms with Crippen LogP contribution >= 0.6 is 0 Å². The summed E-state index contributed by atoms with van der Waals surface area (Å²) in [6.07, 6.45) is 0.888. The first kappa shape index (κ1) is 14.1. The lowest BCUT2D eigenvalue weighted by molar-refractivity contribution is -0.120. The van der Waals surface area contributed by atoms with E-state index in [9.17, 15) is 4.79 Å². The van der Waals surface area contributed by atoms with E-state index in [1.54, 1.807) is 0 Å². The van der Waals surface area contributed by atoms with E-state index in [4.69, 9.17) is 0 Å². The van der Waals surface area contributed by atoms with Crippen LogP contribution in [0, 0.1) is 6.92 Å². The van der Waals surface area contributed by atoms with Gasteiger partial charge in [-0.15, -0.1) is 0 Å². The molecule has 1 amide bonds. The highest BCUT2D eigenvalue weighted by Crippen LogP contribution is 2.35. The first-order valence-corrected chi connectivity index (χ1v) is 8.15. The summed E-state index contributed by atoms with van der Waals surface area (Å²) < 4.78 is 2.34. The summed E-state index contributed by atoms with van der Waals surface area (Å²) in [6, 6.07) is 18.9. The molecule has 2 heterocycles. The molecule has 3 nitrogen and oxygen atoms in total. The molecule has 0 spiro atoms. The third-order valence-electron chi connectivity index (χ3n) is 4.86. The molecule has 1 aliphatic heterocycles. The van der Waals surface area contributed by atoms with Crippen LogP contribution in [0.2, 0.25) is 0 Å². The van der Waals surface area contributed by atoms with Crippen molar-refractivity contribution in [2.75, 3.05) is 6.54 Å². The average Bonchev–Trinajstić information content (AvgIpc) is 3.11. The van der Waals surface area contributed by atoms with E-state index < -0.39 is 0 Å². The molecule has 1 unspecified atom stereocenters. The van der Waals surface area contributed by atoms with Gasteiger partial charge in [-0.25, -0.2) is 0 Å². The number of nitrogens with one attached hydrogen (secondary N) is 1. The van der Waals surface area contributed by atoms with Crippen LogP contribution in [0.4, 0.5) is 0 Å². The van der Waals surface area contributed by atoms with Gasteiger partial charge in [-0.3, -0.25) is 4.79 Å². The standard InChI is InChI=1S/C20H20N2O/c1-14-19(17-11-12-21-20(17)23)16-9-5-6-10-18(16)22(14)13-15-7-3-2-4-8-15/h2-10,17H,11-13H2,1H3,(H,21,23). The summed E-state index contributed by atoms with van der Waals surface area (Å²) in [5, 5.41) is 4.18. The maximum absolute atomic E-state index is 12.2. The molecular weight excluding hydrogens is 284 g/mol. The van der Waals surface area contributed by atoms with E-state index in [0.717, 1.165) is 19.5 Å². The van der Waals surface area contributed by atoms with Crippen LogP contribution in [0.1, 0.15) is 29.2 Å². The number of benzene rings is 2. The van der Waals surface area contributed by atoms with Gasteiger partial charge in [-0.05, 0) is 30.5 Å². The number of nitrogens with zero attached hydrogens (tertiary/aromatic N) is 1. The van der Waals surface area contributed by atoms with Crippen molar-refractivity contribution in [1.29, 1.82) is 0 Å². The van der Waals surface area contributed by atoms with Crippen LogP contribution < -0.4 is 5.32 Å². The molecule has 0 saturated carbocycles. The summed E-state index contributed by atoms with van der Waals surface area (Å²) in [5.74, 6) is 0.146. The molecule has 1 aromatic heterocycles. The highest BCUT2D eigenvalue weighted by atomic mass is 16.2. The number of aromatic nitrogens is 1. The molecule has 0 bridgehead atoms. The van der Waals surface area contributed by atoms with Crippen molar-refractivity contribution in [2.24, 2.45) is 0 Å². The number of fused-ring (bicyclic) bond motifs is 1. The van der Waals surface area contributed by atoms with Crippen molar-refractivity contribution in [2.45, 2.75) is 25.8 Å². The lowest BCUT2D eigenvalue weighted by Crippen LogP contribution is -2.18. The van der Waals surface area contributed by atoms with E-state index in [1.807, 2.05) is 6.07 Å². The zero-order chi connectivity index (χ0) is 15.8. The van der Waals surface area contributed by atoms with Crippen molar-refractivity contribution in [3.8, 4) is 0 Å². The van der Waals surface area contributed by atoms with Crippen LogP contribution in [0.3, 0.4) is 0 Å². The summed E-state index contributed by atoms with van der Waals surface area (Å²) in [5.41, 5.74) is 4.89. The maximum Gasteiger partial charge on any atom is 0.227 e. The molecule has 1 saturated heterocycles. The maximum atomic E-state index is 12.2. The van der Waals surface area contributed by atoms with Crippen molar-refractivity contribution in [3.05, 3.63) is 71.4 Å². The number of para-hydroxylation sites is 1. The number of hydrogen-bond acceptors (Lipinski definition) is 1. The number of carbonyl (C=O) groups is 1. The van der Waals surface area contributed by atoms with Gasteiger partial charge < -0.3 is 9.88 Å². The highest BCUT2D eigenvalue weighted by Gasteiger charge is 2.30. The fourth-order valence-corrected chi connectivity index (χ4v) is 3.74. The van der Waals surface area contributed by atoms with Gasteiger partial charge in [0.25, 0.3) is 0 Å². The third-order valence-corrected chi connectivity index (χ3v) is 4.86. The minimum absolute atomic E-state index is 0.0167. The van der Waals surface area contributed by atoms with Gasteiger partial charge >= 0.3 is 0 Å². The van der Waals surface area contributed by atoms with Gasteiger partial charge in [-0.2, -0.15) is 0 Å². The Balaban J connectivity index is 1.88. The van der Waals surface area contributed by atoms with Gasteiger partial charge in [-0.1, -0.05) is 48.5 Å². The second kappa shape index (κ2) is 5.58. The van der Waals surface area contributed by atoms with E-state index in [0.29, 0.717) is 0 Å². The summed E-state index contributed by atoms with van der Waals surface area (Å²) in [7, 11) is 0. The normalized spacial score (nSPS) is 17.6. The molecule has 3 heteroatoms. The predicted molar refractivity (Wildman–Crippen MR) is 92.6 cm³/mol. The number of carbonyl (C=O) groups excluding carboxylic acids is 1. The second-order valence-electron chi connectivity index (χ2n) is 6.22. The number of amides is 1. The Morgan fingerprint density at radius 1 is 1.09 bits per heavy atom. The van der Waals surface area contributed by atoms with E-state index in [-0.39, 0.29) is 11.8 Å². The van der Waals surface area contributed by atoms with Crippen molar-refractivity contribution in [1.82, 2.24) is 9.88 Å². The van der Waals surface area contributed by atoms with Crippen LogP contribution in [0.15, 0.2) is 54.6 Å². The molecule has 23 heavy (non-hydrogen) atoms. The van der Waals surface area contributed by atoms with E-state index in [1.165, 1.54) is 27.7 Å². The van der Waals surface area contributed by atoms with Crippen LogP contribution in [0.25, 0.3) is 10.9 Å². The second-order valence-corrected chi connectivity index (χ2v) is 6.22. The number of rotatable bonds is 3. The summed E-state index contributed by atoms with van der Waals surface area (Å²) in [6.45, 7) is 3.76. The molecule has 116 valence electrons. The Labute approximate surface area is 135 Å².